The van der Waals surface area contributed by atoms with Crippen LogP contribution in [-0.2, 0) is 4.74 Å². The zero-order valence-electron chi connectivity index (χ0n) is 13.2. The second-order valence-electron chi connectivity index (χ2n) is 6.13. The second-order valence-corrected chi connectivity index (χ2v) is 6.13. The highest BCUT2D eigenvalue weighted by atomic mass is 16.5. The fourth-order valence-corrected chi connectivity index (χ4v) is 3.55. The summed E-state index contributed by atoms with van der Waals surface area (Å²) in [5.41, 5.74) is 7.33. The summed E-state index contributed by atoms with van der Waals surface area (Å²) in [6.45, 7) is 1.47. The van der Waals surface area contributed by atoms with Gasteiger partial charge in [0.2, 0.25) is 0 Å². The van der Waals surface area contributed by atoms with Crippen LogP contribution in [0.3, 0.4) is 0 Å². The average Bonchev–Trinajstić information content (AvgIpc) is 3.30. The van der Waals surface area contributed by atoms with Gasteiger partial charge in [0.15, 0.2) is 0 Å². The number of nitrogens with zero attached hydrogens (tertiary/aromatic N) is 2. The van der Waals surface area contributed by atoms with Crippen LogP contribution in [0.5, 0.6) is 0 Å². The Morgan fingerprint density at radius 1 is 1.17 bits per heavy atom. The van der Waals surface area contributed by atoms with Crippen LogP contribution in [0.2, 0.25) is 0 Å². The maximum absolute atomic E-state index is 5.47. The standard InChI is InChI=1S/C20H17N3O/c1-2-16(17-4-7-22-19(17)3-1)15-10-18(14-5-8-24-9-6-14)20-11-21-13-23(20)12-15/h1-5,7,10-13,22H,6,8-9H2. The van der Waals surface area contributed by atoms with Gasteiger partial charge in [-0.15, -0.1) is 0 Å². The number of fused-ring (bicyclic) bond motifs is 2. The largest absolute Gasteiger partial charge is 0.377 e. The fraction of sp³-hybridized carbons (Fsp3) is 0.150. The van der Waals surface area contributed by atoms with Crippen LogP contribution in [0.15, 0.2) is 61.3 Å². The molecule has 0 unspecified atom stereocenters. The SMILES string of the molecule is C1=C(c2cc(-c3cccc4[nH]ccc34)cn3cncc23)CCOC1. The molecule has 118 valence electrons. The summed E-state index contributed by atoms with van der Waals surface area (Å²) in [5, 5.41) is 1.24. The topological polar surface area (TPSA) is 42.3 Å². The number of H-pyrrole nitrogens is 1. The van der Waals surface area contributed by atoms with Crippen molar-refractivity contribution in [1.29, 1.82) is 0 Å². The third-order valence-electron chi connectivity index (χ3n) is 4.74. The van der Waals surface area contributed by atoms with Crippen molar-refractivity contribution < 1.29 is 4.74 Å². The number of aromatic nitrogens is 3. The first-order chi connectivity index (χ1) is 11.9. The van der Waals surface area contributed by atoms with Crippen LogP contribution in [0.4, 0.5) is 0 Å². The lowest BCUT2D eigenvalue weighted by molar-refractivity contribution is 0.161. The average molecular weight is 315 g/mol. The molecule has 4 nitrogen and oxygen atoms in total. The molecule has 0 amide bonds. The summed E-state index contributed by atoms with van der Waals surface area (Å²) in [6, 6.07) is 10.8. The Balaban J connectivity index is 1.78. The molecule has 0 saturated heterocycles. The first-order valence-electron chi connectivity index (χ1n) is 8.19. The minimum Gasteiger partial charge on any atom is -0.377 e. The van der Waals surface area contributed by atoms with Crippen molar-refractivity contribution in [2.75, 3.05) is 13.2 Å². The van der Waals surface area contributed by atoms with Gasteiger partial charge in [-0.1, -0.05) is 18.2 Å². The van der Waals surface area contributed by atoms with E-state index in [1.165, 1.54) is 27.6 Å². The molecule has 0 saturated carbocycles. The molecule has 0 atom stereocenters. The Hall–Kier alpha value is -2.85. The van der Waals surface area contributed by atoms with Crippen LogP contribution in [0.1, 0.15) is 12.0 Å². The van der Waals surface area contributed by atoms with Crippen LogP contribution in [-0.4, -0.2) is 27.6 Å². The third kappa shape index (κ3) is 2.07. The van der Waals surface area contributed by atoms with Gasteiger partial charge in [-0.05, 0) is 41.3 Å². The Bertz CT molecular complexity index is 1070. The van der Waals surface area contributed by atoms with Gasteiger partial charge in [0.05, 0.1) is 31.3 Å². The quantitative estimate of drug-likeness (QED) is 0.600. The first-order valence-corrected chi connectivity index (χ1v) is 8.19. The molecule has 0 bridgehead atoms. The molecule has 1 aromatic carbocycles. The summed E-state index contributed by atoms with van der Waals surface area (Å²) in [4.78, 5) is 7.64. The predicted octanol–water partition coefficient (Wildman–Crippen LogP) is 4.29. The first kappa shape index (κ1) is 13.6. The Morgan fingerprint density at radius 3 is 3.08 bits per heavy atom. The lowest BCUT2D eigenvalue weighted by Gasteiger charge is -2.16. The van der Waals surface area contributed by atoms with Gasteiger partial charge in [0, 0.05) is 28.9 Å². The van der Waals surface area contributed by atoms with Gasteiger partial charge in [0.1, 0.15) is 0 Å². The van der Waals surface area contributed by atoms with Crippen molar-refractivity contribution in [2.24, 2.45) is 0 Å². The molecule has 1 aliphatic rings. The Labute approximate surface area is 139 Å². The maximum atomic E-state index is 5.47. The van der Waals surface area contributed by atoms with Crippen molar-refractivity contribution in [1.82, 2.24) is 14.4 Å². The van der Waals surface area contributed by atoms with Gasteiger partial charge in [-0.3, -0.25) is 0 Å². The fourth-order valence-electron chi connectivity index (χ4n) is 3.55. The van der Waals surface area contributed by atoms with E-state index in [-0.39, 0.29) is 0 Å². The number of imidazole rings is 1. The highest BCUT2D eigenvalue weighted by Gasteiger charge is 2.14. The maximum Gasteiger partial charge on any atom is 0.0992 e. The number of rotatable bonds is 2. The molecule has 0 fully saturated rings. The van der Waals surface area contributed by atoms with Crippen molar-refractivity contribution in [2.45, 2.75) is 6.42 Å². The highest BCUT2D eigenvalue weighted by Crippen LogP contribution is 2.33. The molecule has 0 radical (unpaired) electrons. The van der Waals surface area contributed by atoms with E-state index in [1.807, 2.05) is 18.7 Å². The lowest BCUT2D eigenvalue weighted by Crippen LogP contribution is -2.05. The lowest BCUT2D eigenvalue weighted by atomic mass is 9.96. The molecule has 4 heterocycles. The van der Waals surface area contributed by atoms with Crippen LogP contribution < -0.4 is 0 Å². The molecule has 4 aromatic rings. The Kier molecular flexibility index (Phi) is 3.03. The van der Waals surface area contributed by atoms with Gasteiger partial charge in [-0.2, -0.15) is 0 Å². The minimum absolute atomic E-state index is 0.688. The summed E-state index contributed by atoms with van der Waals surface area (Å²) in [7, 11) is 0. The van der Waals surface area contributed by atoms with Gasteiger partial charge in [0.25, 0.3) is 0 Å². The molecule has 1 aliphatic heterocycles. The smallest absolute Gasteiger partial charge is 0.0992 e. The number of aromatic amines is 1. The summed E-state index contributed by atoms with van der Waals surface area (Å²) >= 11 is 0. The summed E-state index contributed by atoms with van der Waals surface area (Å²) < 4.78 is 7.59. The highest BCUT2D eigenvalue weighted by molar-refractivity contribution is 5.96. The zero-order chi connectivity index (χ0) is 15.9. The van der Waals surface area contributed by atoms with E-state index >= 15 is 0 Å². The van der Waals surface area contributed by atoms with Crippen molar-refractivity contribution in [3.05, 3.63) is 66.9 Å². The molecule has 3 aromatic heterocycles. The van der Waals surface area contributed by atoms with E-state index in [0.29, 0.717) is 6.61 Å². The molecule has 0 aliphatic carbocycles. The Morgan fingerprint density at radius 2 is 2.17 bits per heavy atom. The van der Waals surface area contributed by atoms with Crippen LogP contribution in [0, 0.1) is 0 Å². The molecule has 5 rings (SSSR count). The third-order valence-corrected chi connectivity index (χ3v) is 4.74. The predicted molar refractivity (Wildman–Crippen MR) is 95.9 cm³/mol. The molecular formula is C20H17N3O. The van der Waals surface area contributed by atoms with Crippen LogP contribution >= 0.6 is 0 Å². The second kappa shape index (κ2) is 5.35. The van der Waals surface area contributed by atoms with Crippen molar-refractivity contribution in [3.63, 3.8) is 0 Å². The number of hydrogen-bond acceptors (Lipinski definition) is 2. The van der Waals surface area contributed by atoms with Crippen LogP contribution in [0.25, 0.3) is 33.1 Å². The number of pyridine rings is 1. The van der Waals surface area contributed by atoms with E-state index in [0.717, 1.165) is 24.1 Å². The summed E-state index contributed by atoms with van der Waals surface area (Å²) in [5.74, 6) is 0. The van der Waals surface area contributed by atoms with E-state index in [1.54, 1.807) is 0 Å². The van der Waals surface area contributed by atoms with Gasteiger partial charge >= 0.3 is 0 Å². The monoisotopic (exact) mass is 315 g/mol. The molecule has 24 heavy (non-hydrogen) atoms. The number of nitrogens with one attached hydrogen (secondary N) is 1. The zero-order valence-corrected chi connectivity index (χ0v) is 13.2. The van der Waals surface area contributed by atoms with Crippen molar-refractivity contribution in [3.8, 4) is 11.1 Å². The number of hydrogen-bond donors (Lipinski definition) is 1. The van der Waals surface area contributed by atoms with E-state index in [2.05, 4.69) is 57.0 Å². The molecule has 4 heteroatoms. The summed E-state index contributed by atoms with van der Waals surface area (Å²) in [6.07, 6.45) is 11.1. The minimum atomic E-state index is 0.688. The van der Waals surface area contributed by atoms with Crippen molar-refractivity contribution >= 4 is 22.0 Å². The van der Waals surface area contributed by atoms with Gasteiger partial charge in [-0.25, -0.2) is 4.98 Å². The molecule has 0 spiro atoms. The van der Waals surface area contributed by atoms with E-state index in [4.69, 9.17) is 4.74 Å². The van der Waals surface area contributed by atoms with Gasteiger partial charge < -0.3 is 14.1 Å². The van der Waals surface area contributed by atoms with E-state index < -0.39 is 0 Å². The normalized spacial score (nSPS) is 15.1. The molecular weight excluding hydrogens is 298 g/mol. The number of benzene rings is 1. The molecule has 1 N–H and O–H groups in total. The number of ether oxygens (including phenoxy) is 1. The van der Waals surface area contributed by atoms with E-state index in [9.17, 15) is 0 Å².